The molecule has 1 saturated heterocycles. The van der Waals surface area contributed by atoms with Crippen LogP contribution in [0.25, 0.3) is 0 Å². The van der Waals surface area contributed by atoms with Crippen molar-refractivity contribution in [2.75, 3.05) is 32.7 Å². The van der Waals surface area contributed by atoms with Crippen molar-refractivity contribution in [1.82, 2.24) is 9.80 Å². The number of carboxylic acid groups (broad SMARTS) is 1. The van der Waals surface area contributed by atoms with Gasteiger partial charge in [-0.2, -0.15) is 0 Å². The Balaban J connectivity index is 2.43. The summed E-state index contributed by atoms with van der Waals surface area (Å²) < 4.78 is 0. The number of hydrogen-bond donors (Lipinski definition) is 2. The molecule has 6 heteroatoms. The SMILES string of the molecule is CCCC[C@H](N)C(=O)N1CCCN(CC(=O)O)CC1. The van der Waals surface area contributed by atoms with Crippen LogP contribution in [0.15, 0.2) is 0 Å². The monoisotopic (exact) mass is 271 g/mol. The van der Waals surface area contributed by atoms with Gasteiger partial charge in [0, 0.05) is 26.2 Å². The number of rotatable bonds is 6. The molecule has 0 aliphatic carbocycles. The summed E-state index contributed by atoms with van der Waals surface area (Å²) in [7, 11) is 0. The summed E-state index contributed by atoms with van der Waals surface area (Å²) in [6.45, 7) is 4.70. The summed E-state index contributed by atoms with van der Waals surface area (Å²) in [5.74, 6) is -0.815. The summed E-state index contributed by atoms with van der Waals surface area (Å²) in [6, 6.07) is -0.411. The van der Waals surface area contributed by atoms with E-state index in [0.29, 0.717) is 19.6 Å². The van der Waals surface area contributed by atoms with Gasteiger partial charge in [0.25, 0.3) is 0 Å². The second-order valence-electron chi connectivity index (χ2n) is 5.10. The predicted molar refractivity (Wildman–Crippen MR) is 72.8 cm³/mol. The number of hydrogen-bond acceptors (Lipinski definition) is 4. The van der Waals surface area contributed by atoms with Crippen LogP contribution in [0.4, 0.5) is 0 Å². The Hall–Kier alpha value is -1.14. The normalized spacial score (nSPS) is 18.9. The molecule has 6 nitrogen and oxygen atoms in total. The van der Waals surface area contributed by atoms with Gasteiger partial charge in [0.05, 0.1) is 12.6 Å². The molecular formula is C13H25N3O3. The Morgan fingerprint density at radius 1 is 1.26 bits per heavy atom. The minimum atomic E-state index is -0.820. The number of unbranched alkanes of at least 4 members (excludes halogenated alkanes) is 1. The molecule has 19 heavy (non-hydrogen) atoms. The van der Waals surface area contributed by atoms with Crippen LogP contribution in [0.3, 0.4) is 0 Å². The minimum Gasteiger partial charge on any atom is -0.480 e. The third-order valence-electron chi connectivity index (χ3n) is 3.44. The highest BCUT2D eigenvalue weighted by atomic mass is 16.4. The van der Waals surface area contributed by atoms with Crippen molar-refractivity contribution in [3.63, 3.8) is 0 Å². The molecule has 1 aliphatic heterocycles. The number of carbonyl (C=O) groups is 2. The molecular weight excluding hydrogens is 246 g/mol. The maximum Gasteiger partial charge on any atom is 0.317 e. The van der Waals surface area contributed by atoms with Gasteiger partial charge >= 0.3 is 5.97 Å². The maximum atomic E-state index is 12.2. The highest BCUT2D eigenvalue weighted by Crippen LogP contribution is 2.07. The summed E-state index contributed by atoms with van der Waals surface area (Å²) in [6.07, 6.45) is 3.53. The minimum absolute atomic E-state index is 0.00521. The first-order chi connectivity index (χ1) is 9.04. The van der Waals surface area contributed by atoms with Gasteiger partial charge in [0.1, 0.15) is 0 Å². The topological polar surface area (TPSA) is 86.9 Å². The van der Waals surface area contributed by atoms with E-state index in [0.717, 1.165) is 32.2 Å². The third-order valence-corrected chi connectivity index (χ3v) is 3.44. The largest absolute Gasteiger partial charge is 0.480 e. The number of carboxylic acids is 1. The second-order valence-corrected chi connectivity index (χ2v) is 5.10. The first kappa shape index (κ1) is 15.9. The smallest absolute Gasteiger partial charge is 0.317 e. The van der Waals surface area contributed by atoms with E-state index in [1.54, 1.807) is 4.90 Å². The van der Waals surface area contributed by atoms with E-state index >= 15 is 0 Å². The Labute approximate surface area is 114 Å². The maximum absolute atomic E-state index is 12.2. The van der Waals surface area contributed by atoms with E-state index in [9.17, 15) is 9.59 Å². The van der Waals surface area contributed by atoms with Crippen LogP contribution in [0.1, 0.15) is 32.6 Å². The van der Waals surface area contributed by atoms with Gasteiger partial charge in [0.2, 0.25) is 5.91 Å². The molecule has 0 aromatic carbocycles. The fourth-order valence-corrected chi connectivity index (χ4v) is 2.32. The van der Waals surface area contributed by atoms with Crippen molar-refractivity contribution in [3.05, 3.63) is 0 Å². The average Bonchev–Trinajstić information content (AvgIpc) is 2.60. The van der Waals surface area contributed by atoms with Gasteiger partial charge in [-0.3, -0.25) is 14.5 Å². The van der Waals surface area contributed by atoms with E-state index < -0.39 is 12.0 Å². The lowest BCUT2D eigenvalue weighted by Gasteiger charge is -2.24. The van der Waals surface area contributed by atoms with E-state index in [-0.39, 0.29) is 12.5 Å². The molecule has 1 aliphatic rings. The van der Waals surface area contributed by atoms with Crippen molar-refractivity contribution in [1.29, 1.82) is 0 Å². The fourth-order valence-electron chi connectivity index (χ4n) is 2.32. The van der Waals surface area contributed by atoms with Crippen molar-refractivity contribution < 1.29 is 14.7 Å². The summed E-state index contributed by atoms with van der Waals surface area (Å²) in [5, 5.41) is 8.78. The molecule has 0 bridgehead atoms. The molecule has 0 aromatic heterocycles. The van der Waals surface area contributed by atoms with Crippen LogP contribution in [-0.2, 0) is 9.59 Å². The second kappa shape index (κ2) is 8.12. The molecule has 1 heterocycles. The number of carbonyl (C=O) groups excluding carboxylic acids is 1. The molecule has 1 rings (SSSR count). The molecule has 0 unspecified atom stereocenters. The Bertz CT molecular complexity index is 310. The van der Waals surface area contributed by atoms with Crippen LogP contribution >= 0.6 is 0 Å². The van der Waals surface area contributed by atoms with Gasteiger partial charge in [0.15, 0.2) is 0 Å². The first-order valence-electron chi connectivity index (χ1n) is 7.03. The van der Waals surface area contributed by atoms with Gasteiger partial charge in [-0.15, -0.1) is 0 Å². The molecule has 0 saturated carbocycles. The fraction of sp³-hybridized carbons (Fsp3) is 0.846. The molecule has 0 spiro atoms. The lowest BCUT2D eigenvalue weighted by molar-refractivity contribution is -0.138. The Morgan fingerprint density at radius 3 is 2.63 bits per heavy atom. The molecule has 1 fully saturated rings. The summed E-state index contributed by atoms with van der Waals surface area (Å²) in [4.78, 5) is 26.5. The van der Waals surface area contributed by atoms with Crippen molar-refractivity contribution >= 4 is 11.9 Å². The van der Waals surface area contributed by atoms with Crippen molar-refractivity contribution in [2.24, 2.45) is 5.73 Å². The number of amides is 1. The summed E-state index contributed by atoms with van der Waals surface area (Å²) >= 11 is 0. The van der Waals surface area contributed by atoms with E-state index in [1.165, 1.54) is 0 Å². The van der Waals surface area contributed by atoms with Gasteiger partial charge in [-0.25, -0.2) is 0 Å². The van der Waals surface area contributed by atoms with Gasteiger partial charge in [-0.05, 0) is 12.8 Å². The third kappa shape index (κ3) is 5.57. The molecule has 110 valence electrons. The molecule has 0 aromatic rings. The highest BCUT2D eigenvalue weighted by Gasteiger charge is 2.23. The Morgan fingerprint density at radius 2 is 2.00 bits per heavy atom. The van der Waals surface area contributed by atoms with Crippen LogP contribution in [0.5, 0.6) is 0 Å². The number of aliphatic carboxylic acids is 1. The van der Waals surface area contributed by atoms with Crippen LogP contribution in [0.2, 0.25) is 0 Å². The zero-order chi connectivity index (χ0) is 14.3. The predicted octanol–water partition coefficient (Wildman–Crippen LogP) is 0.123. The lowest BCUT2D eigenvalue weighted by Crippen LogP contribution is -2.45. The highest BCUT2D eigenvalue weighted by molar-refractivity contribution is 5.81. The van der Waals surface area contributed by atoms with E-state index in [1.807, 2.05) is 4.90 Å². The standard InChI is InChI=1S/C13H25N3O3/c1-2-3-5-11(14)13(19)16-7-4-6-15(8-9-16)10-12(17)18/h11H,2-10,14H2,1H3,(H,17,18)/t11-/m0/s1. The van der Waals surface area contributed by atoms with Crippen LogP contribution in [-0.4, -0.2) is 65.5 Å². The zero-order valence-electron chi connectivity index (χ0n) is 11.7. The lowest BCUT2D eigenvalue weighted by atomic mass is 10.1. The average molecular weight is 271 g/mol. The van der Waals surface area contributed by atoms with Crippen molar-refractivity contribution in [3.8, 4) is 0 Å². The van der Waals surface area contributed by atoms with Gasteiger partial charge < -0.3 is 15.7 Å². The quantitative estimate of drug-likeness (QED) is 0.716. The van der Waals surface area contributed by atoms with E-state index in [2.05, 4.69) is 6.92 Å². The molecule has 1 amide bonds. The number of nitrogens with two attached hydrogens (primary N) is 1. The molecule has 0 radical (unpaired) electrons. The van der Waals surface area contributed by atoms with Crippen LogP contribution < -0.4 is 5.73 Å². The molecule has 1 atom stereocenters. The van der Waals surface area contributed by atoms with Crippen molar-refractivity contribution in [2.45, 2.75) is 38.6 Å². The summed E-state index contributed by atoms with van der Waals surface area (Å²) in [5.41, 5.74) is 5.90. The number of nitrogens with zero attached hydrogens (tertiary/aromatic N) is 2. The van der Waals surface area contributed by atoms with Crippen LogP contribution in [0, 0.1) is 0 Å². The first-order valence-corrected chi connectivity index (χ1v) is 7.03. The van der Waals surface area contributed by atoms with E-state index in [4.69, 9.17) is 10.8 Å². The Kier molecular flexibility index (Phi) is 6.80. The zero-order valence-corrected chi connectivity index (χ0v) is 11.7. The van der Waals surface area contributed by atoms with Gasteiger partial charge in [-0.1, -0.05) is 19.8 Å². The molecule has 3 N–H and O–H groups in total.